The minimum Gasteiger partial charge on any atom is -0.342 e. The molecule has 1 fully saturated rings. The van der Waals surface area contributed by atoms with Gasteiger partial charge in [-0.25, -0.2) is 9.97 Å². The van der Waals surface area contributed by atoms with E-state index in [9.17, 15) is 4.79 Å². The van der Waals surface area contributed by atoms with Gasteiger partial charge in [0, 0.05) is 31.8 Å². The van der Waals surface area contributed by atoms with Gasteiger partial charge in [-0.05, 0) is 37.8 Å². The molecule has 1 aliphatic rings. The number of fused-ring (bicyclic) bond motifs is 1. The zero-order chi connectivity index (χ0) is 16.0. The van der Waals surface area contributed by atoms with Crippen LogP contribution in [0.15, 0.2) is 36.9 Å². The summed E-state index contributed by atoms with van der Waals surface area (Å²) in [4.78, 5) is 21.5. The molecule has 118 valence electrons. The zero-order valence-electron chi connectivity index (χ0n) is 13.2. The first-order valence-corrected chi connectivity index (χ1v) is 7.85. The van der Waals surface area contributed by atoms with Gasteiger partial charge in [0.1, 0.15) is 11.5 Å². The van der Waals surface area contributed by atoms with Crippen molar-refractivity contribution in [1.29, 1.82) is 0 Å². The van der Waals surface area contributed by atoms with Crippen molar-refractivity contribution in [2.75, 3.05) is 0 Å². The Morgan fingerprint density at radius 1 is 1.35 bits per heavy atom. The molecule has 4 rings (SSSR count). The third-order valence-corrected chi connectivity index (χ3v) is 4.35. The highest BCUT2D eigenvalue weighted by molar-refractivity contribution is 5.94. The number of hydrogen-bond donors (Lipinski definition) is 1. The van der Waals surface area contributed by atoms with Crippen molar-refractivity contribution < 1.29 is 4.79 Å². The number of nitrogens with one attached hydrogen (secondary N) is 1. The van der Waals surface area contributed by atoms with Gasteiger partial charge in [-0.15, -0.1) is 0 Å². The maximum Gasteiger partial charge on any atom is 0.253 e. The average Bonchev–Trinajstić information content (AvgIpc) is 3.17. The number of nitrogens with zero attached hydrogens (tertiary/aromatic N) is 4. The Balaban J connectivity index is 1.60. The molecule has 3 aromatic heterocycles. The minimum absolute atomic E-state index is 0.0253. The molecule has 0 radical (unpaired) electrons. The van der Waals surface area contributed by atoms with E-state index in [1.165, 1.54) is 0 Å². The predicted octanol–water partition coefficient (Wildman–Crippen LogP) is 2.26. The third-order valence-electron chi connectivity index (χ3n) is 4.35. The molecule has 0 spiro atoms. The quantitative estimate of drug-likeness (QED) is 0.804. The molecule has 3 aromatic rings. The molecule has 1 N–H and O–H groups in total. The molecule has 0 aromatic carbocycles. The molecule has 1 amide bonds. The summed E-state index contributed by atoms with van der Waals surface area (Å²) in [6, 6.07) is 3.66. The molecular weight excluding hydrogens is 290 g/mol. The summed E-state index contributed by atoms with van der Waals surface area (Å²) in [5, 5.41) is 3.15. The van der Waals surface area contributed by atoms with Crippen LogP contribution in [-0.2, 0) is 7.05 Å². The van der Waals surface area contributed by atoms with Crippen LogP contribution in [0.2, 0.25) is 0 Å². The normalized spacial score (nSPS) is 15.7. The van der Waals surface area contributed by atoms with Gasteiger partial charge in [-0.2, -0.15) is 0 Å². The van der Waals surface area contributed by atoms with Crippen LogP contribution in [0.25, 0.3) is 5.65 Å². The van der Waals surface area contributed by atoms with Crippen LogP contribution in [0.3, 0.4) is 0 Å². The first kappa shape index (κ1) is 14.0. The van der Waals surface area contributed by atoms with E-state index in [1.54, 1.807) is 6.20 Å². The standard InChI is InChI=1S/C17H19N5O/c1-11-9-22-10-13(5-6-14(22)19-11)17(23)20-15(12-3-4-12)16-18-7-8-21(16)2/h5-10,12,15H,3-4H2,1-2H3,(H,20,23)/t15-/m1/s1. The lowest BCUT2D eigenvalue weighted by Gasteiger charge is -2.18. The molecule has 1 atom stereocenters. The number of pyridine rings is 1. The molecule has 0 aliphatic heterocycles. The molecule has 1 saturated carbocycles. The molecule has 6 nitrogen and oxygen atoms in total. The number of amides is 1. The highest BCUT2D eigenvalue weighted by atomic mass is 16.1. The third kappa shape index (κ3) is 2.60. The van der Waals surface area contributed by atoms with Gasteiger partial charge in [0.2, 0.25) is 0 Å². The zero-order valence-corrected chi connectivity index (χ0v) is 13.2. The van der Waals surface area contributed by atoms with Crippen LogP contribution in [0.1, 0.15) is 40.8 Å². The highest BCUT2D eigenvalue weighted by Crippen LogP contribution is 2.40. The Morgan fingerprint density at radius 3 is 2.87 bits per heavy atom. The van der Waals surface area contributed by atoms with Gasteiger partial charge in [-0.3, -0.25) is 4.79 Å². The van der Waals surface area contributed by atoms with Crippen LogP contribution in [-0.4, -0.2) is 24.8 Å². The van der Waals surface area contributed by atoms with Crippen molar-refractivity contribution in [3.63, 3.8) is 0 Å². The summed E-state index contributed by atoms with van der Waals surface area (Å²) in [7, 11) is 1.96. The first-order valence-electron chi connectivity index (χ1n) is 7.85. The second-order valence-corrected chi connectivity index (χ2v) is 6.25. The Hall–Kier alpha value is -2.63. The fraction of sp³-hybridized carbons (Fsp3) is 0.353. The Labute approximate surface area is 134 Å². The Kier molecular flexibility index (Phi) is 3.18. The largest absolute Gasteiger partial charge is 0.342 e. The number of carbonyl (C=O) groups excluding carboxylic acids is 1. The molecule has 23 heavy (non-hydrogen) atoms. The Morgan fingerprint density at radius 2 is 2.17 bits per heavy atom. The van der Waals surface area contributed by atoms with E-state index in [-0.39, 0.29) is 11.9 Å². The summed E-state index contributed by atoms with van der Waals surface area (Å²) in [5.74, 6) is 1.33. The highest BCUT2D eigenvalue weighted by Gasteiger charge is 2.35. The molecule has 0 unspecified atom stereocenters. The number of carbonyl (C=O) groups is 1. The second kappa shape index (κ2) is 5.22. The number of aryl methyl sites for hydroxylation is 2. The maximum absolute atomic E-state index is 12.7. The second-order valence-electron chi connectivity index (χ2n) is 6.25. The van der Waals surface area contributed by atoms with Crippen molar-refractivity contribution in [2.24, 2.45) is 13.0 Å². The minimum atomic E-state index is -0.0712. The number of imidazole rings is 2. The van der Waals surface area contributed by atoms with Crippen molar-refractivity contribution in [2.45, 2.75) is 25.8 Å². The Bertz CT molecular complexity index is 874. The van der Waals surface area contributed by atoms with Crippen molar-refractivity contribution >= 4 is 11.6 Å². The number of hydrogen-bond acceptors (Lipinski definition) is 3. The maximum atomic E-state index is 12.7. The van der Waals surface area contributed by atoms with Gasteiger partial charge >= 0.3 is 0 Å². The molecule has 0 bridgehead atoms. The van der Waals surface area contributed by atoms with Crippen LogP contribution in [0.5, 0.6) is 0 Å². The van der Waals surface area contributed by atoms with Crippen molar-refractivity contribution in [1.82, 2.24) is 24.3 Å². The fourth-order valence-corrected chi connectivity index (χ4v) is 2.98. The van der Waals surface area contributed by atoms with Crippen LogP contribution >= 0.6 is 0 Å². The van der Waals surface area contributed by atoms with E-state index < -0.39 is 0 Å². The molecule has 3 heterocycles. The molecule has 1 aliphatic carbocycles. The van der Waals surface area contributed by atoms with Crippen LogP contribution in [0, 0.1) is 12.8 Å². The molecule has 0 saturated heterocycles. The summed E-state index contributed by atoms with van der Waals surface area (Å²) in [5.41, 5.74) is 2.42. The van der Waals surface area contributed by atoms with E-state index >= 15 is 0 Å². The first-order chi connectivity index (χ1) is 11.1. The van der Waals surface area contributed by atoms with Crippen molar-refractivity contribution in [3.8, 4) is 0 Å². The molecular formula is C17H19N5O. The molecule has 6 heteroatoms. The topological polar surface area (TPSA) is 64.2 Å². The summed E-state index contributed by atoms with van der Waals surface area (Å²) < 4.78 is 3.86. The predicted molar refractivity (Wildman–Crippen MR) is 86.1 cm³/mol. The lowest BCUT2D eigenvalue weighted by Crippen LogP contribution is -2.31. The van der Waals surface area contributed by atoms with Crippen LogP contribution in [0.4, 0.5) is 0 Å². The van der Waals surface area contributed by atoms with Gasteiger partial charge in [0.05, 0.1) is 17.3 Å². The van der Waals surface area contributed by atoms with E-state index in [0.29, 0.717) is 11.5 Å². The van der Waals surface area contributed by atoms with E-state index in [4.69, 9.17) is 0 Å². The lowest BCUT2D eigenvalue weighted by atomic mass is 10.1. The van der Waals surface area contributed by atoms with E-state index in [2.05, 4.69) is 15.3 Å². The lowest BCUT2D eigenvalue weighted by molar-refractivity contribution is 0.0928. The monoisotopic (exact) mass is 309 g/mol. The average molecular weight is 309 g/mol. The summed E-state index contributed by atoms with van der Waals surface area (Å²) in [6.45, 7) is 1.94. The van der Waals surface area contributed by atoms with Crippen LogP contribution < -0.4 is 5.32 Å². The fourth-order valence-electron chi connectivity index (χ4n) is 2.98. The van der Waals surface area contributed by atoms with E-state index in [0.717, 1.165) is 30.0 Å². The van der Waals surface area contributed by atoms with Gasteiger partial charge in [0.15, 0.2) is 0 Å². The van der Waals surface area contributed by atoms with Crippen molar-refractivity contribution in [3.05, 3.63) is 54.0 Å². The summed E-state index contributed by atoms with van der Waals surface area (Å²) in [6.07, 6.45) is 9.71. The van der Waals surface area contributed by atoms with Gasteiger partial charge < -0.3 is 14.3 Å². The van der Waals surface area contributed by atoms with Gasteiger partial charge in [0.25, 0.3) is 5.91 Å². The summed E-state index contributed by atoms with van der Waals surface area (Å²) >= 11 is 0. The SMILES string of the molecule is Cc1cn2cc(C(=O)N[C@@H](c3nccn3C)C3CC3)ccc2n1. The smallest absolute Gasteiger partial charge is 0.253 e. The van der Waals surface area contributed by atoms with Gasteiger partial charge in [-0.1, -0.05) is 0 Å². The number of aromatic nitrogens is 4. The van der Waals surface area contributed by atoms with E-state index in [1.807, 2.05) is 53.7 Å². The number of rotatable bonds is 4.